The Hall–Kier alpha value is -1.56. The molecular formula is C18H21BrFNO3. The molecule has 2 atom stereocenters. The number of alkyl halides is 1. The van der Waals surface area contributed by atoms with Gasteiger partial charge in [0.1, 0.15) is 18.4 Å². The number of hydrogen-bond donors (Lipinski definition) is 0. The predicted octanol–water partition coefficient (Wildman–Crippen LogP) is 4.97. The summed E-state index contributed by atoms with van der Waals surface area (Å²) >= 11 is 3.51. The van der Waals surface area contributed by atoms with Crippen molar-refractivity contribution >= 4 is 28.1 Å². The van der Waals surface area contributed by atoms with Crippen LogP contribution in [0, 0.1) is 0 Å². The Labute approximate surface area is 149 Å². The summed E-state index contributed by atoms with van der Waals surface area (Å²) in [6.45, 7) is 5.90. The van der Waals surface area contributed by atoms with Gasteiger partial charge in [0.2, 0.25) is 0 Å². The lowest BCUT2D eigenvalue weighted by atomic mass is 9.94. The molecule has 2 aliphatic rings. The third-order valence-corrected chi connectivity index (χ3v) is 4.55. The summed E-state index contributed by atoms with van der Waals surface area (Å²) in [6.07, 6.45) is 2.26. The molecule has 1 fully saturated rings. The molecule has 24 heavy (non-hydrogen) atoms. The molecule has 2 unspecified atom stereocenters. The van der Waals surface area contributed by atoms with Crippen LogP contribution in [0.1, 0.15) is 49.9 Å². The zero-order valence-electron chi connectivity index (χ0n) is 14.0. The van der Waals surface area contributed by atoms with Gasteiger partial charge in [0, 0.05) is 16.5 Å². The largest absolute Gasteiger partial charge is 0.496 e. The van der Waals surface area contributed by atoms with Gasteiger partial charge in [0.15, 0.2) is 0 Å². The van der Waals surface area contributed by atoms with Crippen molar-refractivity contribution in [3.05, 3.63) is 39.6 Å². The van der Waals surface area contributed by atoms with Crippen LogP contribution in [0.5, 0.6) is 0 Å². The summed E-state index contributed by atoms with van der Waals surface area (Å²) < 4.78 is 25.9. The molecule has 1 amide bonds. The first-order valence-corrected chi connectivity index (χ1v) is 8.78. The molecule has 0 spiro atoms. The highest BCUT2D eigenvalue weighted by Crippen LogP contribution is 2.39. The third-order valence-electron chi connectivity index (χ3n) is 4.09. The molecule has 2 aliphatic heterocycles. The van der Waals surface area contributed by atoms with E-state index in [1.807, 2.05) is 39.0 Å². The second kappa shape index (κ2) is 6.39. The lowest BCUT2D eigenvalue weighted by molar-refractivity contribution is 0.0215. The number of carbonyl (C=O) groups excluding carboxylic acids is 1. The quantitative estimate of drug-likeness (QED) is 0.671. The molecule has 0 saturated carbocycles. The number of amides is 1. The van der Waals surface area contributed by atoms with E-state index in [1.165, 1.54) is 4.90 Å². The summed E-state index contributed by atoms with van der Waals surface area (Å²) in [7, 11) is 0. The Morgan fingerprint density at radius 1 is 1.42 bits per heavy atom. The fraction of sp³-hybridized carbons (Fsp3) is 0.500. The van der Waals surface area contributed by atoms with Crippen LogP contribution in [0.3, 0.4) is 0 Å². The van der Waals surface area contributed by atoms with Gasteiger partial charge < -0.3 is 9.47 Å². The monoisotopic (exact) mass is 397 g/mol. The molecule has 0 radical (unpaired) electrons. The molecule has 0 aliphatic carbocycles. The lowest BCUT2D eigenvalue weighted by Crippen LogP contribution is -2.37. The number of benzene rings is 1. The van der Waals surface area contributed by atoms with Crippen molar-refractivity contribution in [2.45, 2.75) is 51.6 Å². The van der Waals surface area contributed by atoms with Gasteiger partial charge in [-0.3, -0.25) is 4.90 Å². The van der Waals surface area contributed by atoms with E-state index in [9.17, 15) is 9.18 Å². The number of nitrogens with zero attached hydrogens (tertiary/aromatic N) is 1. The summed E-state index contributed by atoms with van der Waals surface area (Å²) in [5.74, 6) is 0. The van der Waals surface area contributed by atoms with E-state index in [2.05, 4.69) is 15.9 Å². The van der Waals surface area contributed by atoms with Gasteiger partial charge in [-0.25, -0.2) is 9.18 Å². The molecule has 1 aromatic rings. The van der Waals surface area contributed by atoms with E-state index >= 15 is 0 Å². The second-order valence-corrected chi connectivity index (χ2v) is 8.07. The highest BCUT2D eigenvalue weighted by Gasteiger charge is 2.40. The Bertz CT molecular complexity index is 684. The van der Waals surface area contributed by atoms with E-state index < -0.39 is 17.9 Å². The van der Waals surface area contributed by atoms with Crippen molar-refractivity contribution in [2.24, 2.45) is 0 Å². The van der Waals surface area contributed by atoms with E-state index in [0.29, 0.717) is 6.61 Å². The number of rotatable bonds is 1. The van der Waals surface area contributed by atoms with Crippen molar-refractivity contribution in [1.82, 2.24) is 4.90 Å². The summed E-state index contributed by atoms with van der Waals surface area (Å²) in [4.78, 5) is 14.0. The van der Waals surface area contributed by atoms with Crippen LogP contribution in [0.25, 0.3) is 6.08 Å². The first kappa shape index (κ1) is 17.3. The molecule has 6 heteroatoms. The topological polar surface area (TPSA) is 38.8 Å². The summed E-state index contributed by atoms with van der Waals surface area (Å²) in [5.41, 5.74) is 2.32. The average Bonchev–Trinajstić information content (AvgIpc) is 2.86. The molecule has 3 rings (SSSR count). The molecule has 130 valence electrons. The maximum atomic E-state index is 14.1. The number of halogens is 2. The number of fused-ring (bicyclic) bond motifs is 1. The Kier molecular flexibility index (Phi) is 4.60. The fourth-order valence-electron chi connectivity index (χ4n) is 3.15. The second-order valence-electron chi connectivity index (χ2n) is 7.16. The Balaban J connectivity index is 1.96. The number of ether oxygens (including phenoxy) is 2. The molecule has 0 N–H and O–H groups in total. The van der Waals surface area contributed by atoms with Gasteiger partial charge in [-0.2, -0.15) is 0 Å². The van der Waals surface area contributed by atoms with Crippen LogP contribution in [0.15, 0.2) is 22.9 Å². The maximum absolute atomic E-state index is 14.1. The summed E-state index contributed by atoms with van der Waals surface area (Å²) in [5, 5.41) is 0. The van der Waals surface area contributed by atoms with Crippen LogP contribution in [-0.4, -0.2) is 29.3 Å². The van der Waals surface area contributed by atoms with Gasteiger partial charge in [-0.1, -0.05) is 15.9 Å². The fourth-order valence-corrected chi connectivity index (χ4v) is 3.64. The Morgan fingerprint density at radius 2 is 2.17 bits per heavy atom. The number of carbonyl (C=O) groups is 1. The van der Waals surface area contributed by atoms with Crippen LogP contribution >= 0.6 is 15.9 Å². The molecule has 0 bridgehead atoms. The first-order chi connectivity index (χ1) is 11.2. The lowest BCUT2D eigenvalue weighted by Gasteiger charge is -2.30. The van der Waals surface area contributed by atoms with Gasteiger partial charge in [-0.15, -0.1) is 0 Å². The van der Waals surface area contributed by atoms with Gasteiger partial charge in [0.05, 0.1) is 18.8 Å². The number of hydrogen-bond acceptors (Lipinski definition) is 3. The maximum Gasteiger partial charge on any atom is 0.410 e. The van der Waals surface area contributed by atoms with Crippen LogP contribution < -0.4 is 0 Å². The zero-order chi connectivity index (χ0) is 17.5. The standard InChI is InChI=1S/C18H21BrFNO3/c1-18(2,3)24-17(22)21-9-13(20)8-16(21)14-7-12(19)6-11-4-5-23-10-15(11)14/h4-7,13,16H,8-10H2,1-3H3. The average molecular weight is 398 g/mol. The van der Waals surface area contributed by atoms with Crippen molar-refractivity contribution in [2.75, 3.05) is 6.54 Å². The molecule has 4 nitrogen and oxygen atoms in total. The van der Waals surface area contributed by atoms with E-state index in [1.54, 1.807) is 6.26 Å². The molecule has 1 saturated heterocycles. The van der Waals surface area contributed by atoms with Gasteiger partial charge in [0.25, 0.3) is 0 Å². The van der Waals surface area contributed by atoms with Crippen LogP contribution in [0.4, 0.5) is 9.18 Å². The molecular weight excluding hydrogens is 377 g/mol. The van der Waals surface area contributed by atoms with Crippen LogP contribution in [0.2, 0.25) is 0 Å². The third kappa shape index (κ3) is 3.58. The van der Waals surface area contributed by atoms with E-state index in [4.69, 9.17) is 9.47 Å². The van der Waals surface area contributed by atoms with Crippen molar-refractivity contribution in [3.63, 3.8) is 0 Å². The molecule has 0 aromatic heterocycles. The highest BCUT2D eigenvalue weighted by atomic mass is 79.9. The van der Waals surface area contributed by atoms with Crippen molar-refractivity contribution in [3.8, 4) is 0 Å². The van der Waals surface area contributed by atoms with Crippen molar-refractivity contribution in [1.29, 1.82) is 0 Å². The minimum absolute atomic E-state index is 0.0531. The normalized spacial score (nSPS) is 23.0. The smallest absolute Gasteiger partial charge is 0.410 e. The van der Waals surface area contributed by atoms with E-state index in [0.717, 1.165) is 21.2 Å². The number of likely N-dealkylation sites (tertiary alicyclic amines) is 1. The van der Waals surface area contributed by atoms with E-state index in [-0.39, 0.29) is 19.0 Å². The minimum Gasteiger partial charge on any atom is -0.496 e. The van der Waals surface area contributed by atoms with Crippen LogP contribution in [-0.2, 0) is 16.1 Å². The highest BCUT2D eigenvalue weighted by molar-refractivity contribution is 9.10. The SMILES string of the molecule is CC(C)(C)OC(=O)N1CC(F)CC1c1cc(Br)cc2c1COC=C2. The molecule has 1 aromatic carbocycles. The van der Waals surface area contributed by atoms with Gasteiger partial charge in [-0.05, 0) is 50.1 Å². The van der Waals surface area contributed by atoms with Gasteiger partial charge >= 0.3 is 6.09 Å². The minimum atomic E-state index is -1.06. The first-order valence-electron chi connectivity index (χ1n) is 7.99. The molecule has 2 heterocycles. The Morgan fingerprint density at radius 3 is 2.88 bits per heavy atom. The van der Waals surface area contributed by atoms with Crippen molar-refractivity contribution < 1.29 is 18.7 Å². The zero-order valence-corrected chi connectivity index (χ0v) is 15.6. The summed E-state index contributed by atoms with van der Waals surface area (Å²) in [6, 6.07) is 3.59. The predicted molar refractivity (Wildman–Crippen MR) is 93.2 cm³/mol.